The molecule has 3 rings (SSSR count). The first-order valence-electron chi connectivity index (χ1n) is 7.31. The maximum atomic E-state index is 12.6. The number of carbonyl (C=O) groups excluding carboxylic acids is 2. The Labute approximate surface area is 129 Å². The van der Waals surface area contributed by atoms with Gasteiger partial charge in [-0.05, 0) is 36.6 Å². The molecule has 3 atom stereocenters. The van der Waals surface area contributed by atoms with Gasteiger partial charge in [0, 0.05) is 17.5 Å². The van der Waals surface area contributed by atoms with E-state index in [-0.39, 0.29) is 17.7 Å². The van der Waals surface area contributed by atoms with Gasteiger partial charge in [0.1, 0.15) is 0 Å². The summed E-state index contributed by atoms with van der Waals surface area (Å²) in [5.41, 5.74) is 6.49. The standard InChI is InChI=1S/C16H20N2O2S/c1-21-14-5-3-2-4-10(14)8-15(19)18-9-12(16(17)20)6-11-7-13(11)18/h2-5,11-13H,6-9H2,1H3,(H2,17,20)/t11-,12-,13+/m0/s1. The minimum absolute atomic E-state index is 0.120. The zero-order valence-corrected chi connectivity index (χ0v) is 12.9. The van der Waals surface area contributed by atoms with Crippen LogP contribution in [-0.2, 0) is 16.0 Å². The first kappa shape index (κ1) is 14.4. The van der Waals surface area contributed by atoms with Crippen LogP contribution in [0.3, 0.4) is 0 Å². The first-order chi connectivity index (χ1) is 10.1. The van der Waals surface area contributed by atoms with E-state index in [1.807, 2.05) is 35.4 Å². The van der Waals surface area contributed by atoms with E-state index in [0.717, 1.165) is 23.3 Å². The minimum atomic E-state index is -0.275. The topological polar surface area (TPSA) is 63.4 Å². The van der Waals surface area contributed by atoms with Crippen LogP contribution in [0.5, 0.6) is 0 Å². The van der Waals surface area contributed by atoms with Crippen molar-refractivity contribution in [1.29, 1.82) is 0 Å². The molecule has 1 aliphatic heterocycles. The Morgan fingerprint density at radius 3 is 2.81 bits per heavy atom. The van der Waals surface area contributed by atoms with Crippen molar-refractivity contribution in [2.45, 2.75) is 30.2 Å². The smallest absolute Gasteiger partial charge is 0.227 e. The van der Waals surface area contributed by atoms with Gasteiger partial charge in [-0.2, -0.15) is 0 Å². The number of rotatable bonds is 4. The zero-order valence-electron chi connectivity index (χ0n) is 12.1. The van der Waals surface area contributed by atoms with Crippen molar-refractivity contribution in [3.63, 3.8) is 0 Å². The van der Waals surface area contributed by atoms with Gasteiger partial charge in [-0.15, -0.1) is 11.8 Å². The number of piperidine rings is 1. The van der Waals surface area contributed by atoms with Crippen LogP contribution in [0.4, 0.5) is 0 Å². The van der Waals surface area contributed by atoms with Crippen molar-refractivity contribution >= 4 is 23.6 Å². The Balaban J connectivity index is 1.72. The highest BCUT2D eigenvalue weighted by Crippen LogP contribution is 2.45. The quantitative estimate of drug-likeness (QED) is 0.861. The second-order valence-electron chi connectivity index (χ2n) is 5.93. The highest BCUT2D eigenvalue weighted by Gasteiger charge is 2.50. The number of primary amides is 1. The van der Waals surface area contributed by atoms with E-state index in [0.29, 0.717) is 24.9 Å². The van der Waals surface area contributed by atoms with Gasteiger partial charge in [-0.25, -0.2) is 0 Å². The summed E-state index contributed by atoms with van der Waals surface area (Å²) in [5, 5.41) is 0. The number of carbonyl (C=O) groups is 2. The summed E-state index contributed by atoms with van der Waals surface area (Å²) >= 11 is 1.66. The molecule has 2 fully saturated rings. The van der Waals surface area contributed by atoms with Gasteiger partial charge in [-0.1, -0.05) is 18.2 Å². The van der Waals surface area contributed by atoms with Gasteiger partial charge < -0.3 is 10.6 Å². The summed E-state index contributed by atoms with van der Waals surface area (Å²) in [7, 11) is 0. The van der Waals surface area contributed by atoms with Crippen LogP contribution in [0, 0.1) is 11.8 Å². The Morgan fingerprint density at radius 2 is 2.10 bits per heavy atom. The lowest BCUT2D eigenvalue weighted by molar-refractivity contribution is -0.134. The number of hydrogen-bond donors (Lipinski definition) is 1. The van der Waals surface area contributed by atoms with Crippen molar-refractivity contribution in [3.8, 4) is 0 Å². The van der Waals surface area contributed by atoms with Gasteiger partial charge in [0.15, 0.2) is 0 Å². The van der Waals surface area contributed by atoms with Crippen LogP contribution in [0.25, 0.3) is 0 Å². The maximum Gasteiger partial charge on any atom is 0.227 e. The molecule has 0 spiro atoms. The monoisotopic (exact) mass is 304 g/mol. The molecule has 1 aliphatic carbocycles. The summed E-state index contributed by atoms with van der Waals surface area (Å²) in [6, 6.07) is 8.33. The normalized spacial score (nSPS) is 27.1. The molecule has 0 unspecified atom stereocenters. The lowest BCUT2D eigenvalue weighted by Gasteiger charge is -2.31. The summed E-state index contributed by atoms with van der Waals surface area (Å²) in [6.07, 6.45) is 4.31. The van der Waals surface area contributed by atoms with Gasteiger partial charge in [-0.3, -0.25) is 9.59 Å². The van der Waals surface area contributed by atoms with Crippen LogP contribution in [-0.4, -0.2) is 35.6 Å². The van der Waals surface area contributed by atoms with Crippen LogP contribution in [0.1, 0.15) is 18.4 Å². The van der Waals surface area contributed by atoms with Crippen molar-refractivity contribution in [1.82, 2.24) is 4.90 Å². The lowest BCUT2D eigenvalue weighted by atomic mass is 9.96. The average Bonchev–Trinajstić information content (AvgIpc) is 3.25. The van der Waals surface area contributed by atoms with E-state index in [4.69, 9.17) is 5.73 Å². The fourth-order valence-corrected chi connectivity index (χ4v) is 3.90. The summed E-state index contributed by atoms with van der Waals surface area (Å²) in [6.45, 7) is 0.497. The molecule has 0 bridgehead atoms. The second kappa shape index (κ2) is 5.72. The summed E-state index contributed by atoms with van der Waals surface area (Å²) in [4.78, 5) is 27.1. The molecule has 1 aromatic carbocycles. The SMILES string of the molecule is CSc1ccccc1CC(=O)N1C[C@@H](C(N)=O)C[C@H]2C[C@H]21. The molecule has 2 N–H and O–H groups in total. The highest BCUT2D eigenvalue weighted by atomic mass is 32.2. The zero-order chi connectivity index (χ0) is 15.0. The molecule has 0 radical (unpaired) electrons. The molecular formula is C16H20N2O2S. The summed E-state index contributed by atoms with van der Waals surface area (Å²) in [5.74, 6) is 0.155. The van der Waals surface area contributed by atoms with Crippen LogP contribution in [0.15, 0.2) is 29.2 Å². The molecular weight excluding hydrogens is 284 g/mol. The molecule has 21 heavy (non-hydrogen) atoms. The molecule has 1 heterocycles. The average molecular weight is 304 g/mol. The van der Waals surface area contributed by atoms with E-state index in [9.17, 15) is 9.59 Å². The van der Waals surface area contributed by atoms with Crippen molar-refractivity contribution in [2.24, 2.45) is 17.6 Å². The fourth-order valence-electron chi connectivity index (χ4n) is 3.29. The van der Waals surface area contributed by atoms with Crippen LogP contribution >= 0.6 is 11.8 Å². The van der Waals surface area contributed by atoms with Crippen LogP contribution in [0.2, 0.25) is 0 Å². The number of benzene rings is 1. The molecule has 112 valence electrons. The molecule has 2 amide bonds. The van der Waals surface area contributed by atoms with Crippen molar-refractivity contribution < 1.29 is 9.59 Å². The number of nitrogens with zero attached hydrogens (tertiary/aromatic N) is 1. The number of amides is 2. The molecule has 1 saturated carbocycles. The third kappa shape index (κ3) is 2.93. The number of likely N-dealkylation sites (tertiary alicyclic amines) is 1. The van der Waals surface area contributed by atoms with Crippen molar-refractivity contribution in [3.05, 3.63) is 29.8 Å². The van der Waals surface area contributed by atoms with Crippen LogP contribution < -0.4 is 5.73 Å². The number of thioether (sulfide) groups is 1. The fraction of sp³-hybridized carbons (Fsp3) is 0.500. The lowest BCUT2D eigenvalue weighted by Crippen LogP contribution is -2.45. The van der Waals surface area contributed by atoms with Gasteiger partial charge in [0.25, 0.3) is 0 Å². The maximum absolute atomic E-state index is 12.6. The van der Waals surface area contributed by atoms with E-state index in [2.05, 4.69) is 0 Å². The molecule has 0 aromatic heterocycles. The molecule has 4 nitrogen and oxygen atoms in total. The second-order valence-corrected chi connectivity index (χ2v) is 6.78. The number of hydrogen-bond acceptors (Lipinski definition) is 3. The third-order valence-corrected chi connectivity index (χ3v) is 5.38. The van der Waals surface area contributed by atoms with Gasteiger partial charge in [0.05, 0.1) is 12.3 Å². The summed E-state index contributed by atoms with van der Waals surface area (Å²) < 4.78 is 0. The van der Waals surface area contributed by atoms with E-state index in [1.165, 1.54) is 0 Å². The van der Waals surface area contributed by atoms with E-state index in [1.54, 1.807) is 11.8 Å². The third-order valence-electron chi connectivity index (χ3n) is 4.55. The van der Waals surface area contributed by atoms with E-state index >= 15 is 0 Å². The molecule has 2 aliphatic rings. The molecule has 5 heteroatoms. The van der Waals surface area contributed by atoms with E-state index < -0.39 is 0 Å². The largest absolute Gasteiger partial charge is 0.369 e. The Bertz CT molecular complexity index is 575. The number of nitrogens with two attached hydrogens (primary N) is 1. The van der Waals surface area contributed by atoms with Gasteiger partial charge >= 0.3 is 0 Å². The van der Waals surface area contributed by atoms with Gasteiger partial charge in [0.2, 0.25) is 11.8 Å². The Morgan fingerprint density at radius 1 is 1.33 bits per heavy atom. The number of fused-ring (bicyclic) bond motifs is 1. The predicted molar refractivity (Wildman–Crippen MR) is 82.8 cm³/mol. The predicted octanol–water partition coefficient (Wildman–Crippen LogP) is 1.67. The Kier molecular flexibility index (Phi) is 3.93. The molecule has 1 saturated heterocycles. The minimum Gasteiger partial charge on any atom is -0.369 e. The molecule has 1 aromatic rings. The first-order valence-corrected chi connectivity index (χ1v) is 8.53. The van der Waals surface area contributed by atoms with Crippen molar-refractivity contribution in [2.75, 3.05) is 12.8 Å². The Hall–Kier alpha value is -1.49. The highest BCUT2D eigenvalue weighted by molar-refractivity contribution is 7.98.